The topological polar surface area (TPSA) is 69.9 Å². The SMILES string of the molecule is Cc1nc(-c2c(Cl)c3ccccc3n2-c2ccc([C@@H](C)N)c(F)c2)no1.Cl. The van der Waals surface area contributed by atoms with Gasteiger partial charge in [-0.3, -0.25) is 0 Å². The molecule has 0 saturated carbocycles. The Labute approximate surface area is 166 Å². The monoisotopic (exact) mass is 406 g/mol. The first kappa shape index (κ1) is 19.4. The minimum absolute atomic E-state index is 0. The van der Waals surface area contributed by atoms with Crippen molar-refractivity contribution in [2.24, 2.45) is 5.73 Å². The third-order valence-electron chi connectivity index (χ3n) is 4.29. The van der Waals surface area contributed by atoms with E-state index in [0.29, 0.717) is 33.7 Å². The van der Waals surface area contributed by atoms with Gasteiger partial charge in [0.05, 0.1) is 10.5 Å². The number of hydrogen-bond acceptors (Lipinski definition) is 4. The van der Waals surface area contributed by atoms with E-state index in [2.05, 4.69) is 10.1 Å². The van der Waals surface area contributed by atoms with Gasteiger partial charge in [-0.2, -0.15) is 4.98 Å². The van der Waals surface area contributed by atoms with Crippen molar-refractivity contribution in [2.45, 2.75) is 19.9 Å². The number of benzene rings is 2. The average Bonchev–Trinajstić information content (AvgIpc) is 3.16. The third kappa shape index (κ3) is 3.20. The molecule has 2 N–H and O–H groups in total. The molecule has 0 unspecified atom stereocenters. The summed E-state index contributed by atoms with van der Waals surface area (Å²) in [6.45, 7) is 3.45. The van der Waals surface area contributed by atoms with Gasteiger partial charge in [-0.1, -0.05) is 41.0 Å². The number of nitrogens with two attached hydrogens (primary N) is 1. The molecule has 0 saturated heterocycles. The second-order valence-electron chi connectivity index (χ2n) is 6.15. The first-order valence-electron chi connectivity index (χ1n) is 8.12. The summed E-state index contributed by atoms with van der Waals surface area (Å²) in [5.41, 5.74) is 8.25. The minimum atomic E-state index is -0.395. The summed E-state index contributed by atoms with van der Waals surface area (Å²) in [4.78, 5) is 4.29. The largest absolute Gasteiger partial charge is 0.339 e. The predicted molar refractivity (Wildman–Crippen MR) is 106 cm³/mol. The molecule has 2 heterocycles. The van der Waals surface area contributed by atoms with Crippen LogP contribution in [-0.2, 0) is 0 Å². The minimum Gasteiger partial charge on any atom is -0.339 e. The van der Waals surface area contributed by atoms with Crippen molar-refractivity contribution in [1.82, 2.24) is 14.7 Å². The van der Waals surface area contributed by atoms with E-state index in [-0.39, 0.29) is 18.2 Å². The van der Waals surface area contributed by atoms with Gasteiger partial charge in [0.1, 0.15) is 11.5 Å². The first-order chi connectivity index (χ1) is 12.5. The number of fused-ring (bicyclic) bond motifs is 1. The predicted octanol–water partition coefficient (Wildman–Crippen LogP) is 5.22. The highest BCUT2D eigenvalue weighted by Gasteiger charge is 2.22. The molecule has 0 spiro atoms. The molecular weight excluding hydrogens is 390 g/mol. The van der Waals surface area contributed by atoms with Crippen molar-refractivity contribution in [3.8, 4) is 17.2 Å². The lowest BCUT2D eigenvalue weighted by atomic mass is 10.1. The number of nitrogens with zero attached hydrogens (tertiary/aromatic N) is 3. The maximum absolute atomic E-state index is 14.6. The van der Waals surface area contributed by atoms with Crippen LogP contribution in [0.5, 0.6) is 0 Å². The molecule has 8 heteroatoms. The Hall–Kier alpha value is -2.41. The van der Waals surface area contributed by atoms with Crippen molar-refractivity contribution >= 4 is 34.9 Å². The van der Waals surface area contributed by atoms with E-state index in [4.69, 9.17) is 21.9 Å². The maximum Gasteiger partial charge on any atom is 0.223 e. The smallest absolute Gasteiger partial charge is 0.223 e. The van der Waals surface area contributed by atoms with Gasteiger partial charge in [0, 0.05) is 29.6 Å². The molecule has 2 aromatic carbocycles. The van der Waals surface area contributed by atoms with Gasteiger partial charge in [0.2, 0.25) is 11.7 Å². The lowest BCUT2D eigenvalue weighted by Crippen LogP contribution is -2.08. The summed E-state index contributed by atoms with van der Waals surface area (Å²) in [7, 11) is 0. The zero-order chi connectivity index (χ0) is 18.4. The van der Waals surface area contributed by atoms with Crippen LogP contribution in [0.4, 0.5) is 4.39 Å². The Balaban J connectivity index is 0.00000210. The molecule has 4 aromatic rings. The van der Waals surface area contributed by atoms with Gasteiger partial charge < -0.3 is 14.8 Å². The van der Waals surface area contributed by atoms with Gasteiger partial charge >= 0.3 is 0 Å². The van der Waals surface area contributed by atoms with Gasteiger partial charge in [0.15, 0.2) is 0 Å². The second kappa shape index (κ2) is 7.31. The normalized spacial score (nSPS) is 12.2. The van der Waals surface area contributed by atoms with Crippen molar-refractivity contribution in [3.63, 3.8) is 0 Å². The highest BCUT2D eigenvalue weighted by molar-refractivity contribution is 6.38. The summed E-state index contributed by atoms with van der Waals surface area (Å²) in [6.07, 6.45) is 0. The van der Waals surface area contributed by atoms with E-state index >= 15 is 0 Å². The van der Waals surface area contributed by atoms with E-state index in [0.717, 1.165) is 10.9 Å². The van der Waals surface area contributed by atoms with Crippen LogP contribution in [0.3, 0.4) is 0 Å². The molecule has 140 valence electrons. The average molecular weight is 407 g/mol. The molecule has 0 radical (unpaired) electrons. The molecule has 0 fully saturated rings. The van der Waals surface area contributed by atoms with Crippen LogP contribution in [-0.4, -0.2) is 14.7 Å². The maximum atomic E-state index is 14.6. The molecule has 27 heavy (non-hydrogen) atoms. The zero-order valence-corrected chi connectivity index (χ0v) is 16.2. The summed E-state index contributed by atoms with van der Waals surface area (Å²) < 4.78 is 21.5. The number of hydrogen-bond donors (Lipinski definition) is 1. The van der Waals surface area contributed by atoms with Crippen LogP contribution in [0.25, 0.3) is 28.1 Å². The Morgan fingerprint density at radius 1 is 1.22 bits per heavy atom. The van der Waals surface area contributed by atoms with Crippen LogP contribution in [0.2, 0.25) is 5.02 Å². The van der Waals surface area contributed by atoms with Crippen LogP contribution >= 0.6 is 24.0 Å². The zero-order valence-electron chi connectivity index (χ0n) is 14.6. The second-order valence-corrected chi connectivity index (χ2v) is 6.52. The standard InChI is InChI=1S/C19H16ClFN4O.ClH/c1-10(22)13-8-7-12(9-15(13)21)25-16-6-4-3-5-14(16)17(20)18(25)19-23-11(2)26-24-19;/h3-10H,22H2,1-2H3;1H/t10-;/m1./s1. The van der Waals surface area contributed by atoms with Crippen molar-refractivity contribution < 1.29 is 8.91 Å². The number of halogens is 3. The molecule has 0 amide bonds. The number of aryl methyl sites for hydroxylation is 1. The third-order valence-corrected chi connectivity index (χ3v) is 4.67. The molecule has 0 aliphatic carbocycles. The van der Waals surface area contributed by atoms with E-state index in [1.807, 2.05) is 28.8 Å². The molecule has 5 nitrogen and oxygen atoms in total. The Bertz CT molecular complexity index is 1120. The van der Waals surface area contributed by atoms with Crippen molar-refractivity contribution in [1.29, 1.82) is 0 Å². The molecule has 0 aliphatic rings. The van der Waals surface area contributed by atoms with E-state index in [1.54, 1.807) is 26.0 Å². The van der Waals surface area contributed by atoms with Gasteiger partial charge in [-0.15, -0.1) is 12.4 Å². The van der Waals surface area contributed by atoms with Crippen molar-refractivity contribution in [2.75, 3.05) is 0 Å². The van der Waals surface area contributed by atoms with Gasteiger partial charge in [0.25, 0.3) is 0 Å². The lowest BCUT2D eigenvalue weighted by Gasteiger charge is -2.12. The van der Waals surface area contributed by atoms with Gasteiger partial charge in [-0.25, -0.2) is 4.39 Å². The molecule has 1 atom stereocenters. The molecule has 4 rings (SSSR count). The fraction of sp³-hybridized carbons (Fsp3) is 0.158. The molecular formula is C19H17Cl2FN4O. The van der Waals surface area contributed by atoms with Crippen molar-refractivity contribution in [3.05, 3.63) is 64.8 Å². The quantitative estimate of drug-likeness (QED) is 0.505. The molecule has 2 aromatic heterocycles. The Morgan fingerprint density at radius 3 is 2.59 bits per heavy atom. The summed E-state index contributed by atoms with van der Waals surface area (Å²) in [6, 6.07) is 12.1. The van der Waals surface area contributed by atoms with E-state index in [1.165, 1.54) is 6.07 Å². The van der Waals surface area contributed by atoms with Gasteiger partial charge in [-0.05, 0) is 25.1 Å². The Kier molecular flexibility index (Phi) is 5.24. The number of rotatable bonds is 3. The fourth-order valence-corrected chi connectivity index (χ4v) is 3.42. The Morgan fingerprint density at radius 2 is 1.96 bits per heavy atom. The lowest BCUT2D eigenvalue weighted by molar-refractivity contribution is 0.394. The van der Waals surface area contributed by atoms with E-state index in [9.17, 15) is 4.39 Å². The van der Waals surface area contributed by atoms with Crippen LogP contribution in [0.1, 0.15) is 24.4 Å². The van der Waals surface area contributed by atoms with E-state index < -0.39 is 6.04 Å². The number of para-hydroxylation sites is 1. The molecule has 0 bridgehead atoms. The summed E-state index contributed by atoms with van der Waals surface area (Å²) in [5.74, 6) is 0.397. The first-order valence-corrected chi connectivity index (χ1v) is 8.50. The molecule has 0 aliphatic heterocycles. The summed E-state index contributed by atoms with van der Waals surface area (Å²) in [5, 5.41) is 5.30. The summed E-state index contributed by atoms with van der Waals surface area (Å²) >= 11 is 6.62. The highest BCUT2D eigenvalue weighted by Crippen LogP contribution is 2.38. The van der Waals surface area contributed by atoms with Crippen LogP contribution in [0.15, 0.2) is 47.0 Å². The highest BCUT2D eigenvalue weighted by atomic mass is 35.5. The number of aromatic nitrogens is 3. The fourth-order valence-electron chi connectivity index (χ4n) is 3.09. The van der Waals surface area contributed by atoms with Crippen LogP contribution in [0, 0.1) is 12.7 Å². The van der Waals surface area contributed by atoms with Crippen LogP contribution < -0.4 is 5.73 Å².